The van der Waals surface area contributed by atoms with Gasteiger partial charge in [0.2, 0.25) is 17.7 Å². The van der Waals surface area contributed by atoms with E-state index in [0.717, 1.165) is 16.8 Å². The normalized spacial score (nSPS) is 11.8. The van der Waals surface area contributed by atoms with Gasteiger partial charge in [0.1, 0.15) is 12.4 Å². The highest BCUT2D eigenvalue weighted by molar-refractivity contribution is 5.57. The van der Waals surface area contributed by atoms with Crippen LogP contribution in [0.4, 0.5) is 29.2 Å². The molecule has 9 nitrogen and oxygen atoms in total. The van der Waals surface area contributed by atoms with Gasteiger partial charge in [-0.2, -0.15) is 18.2 Å². The van der Waals surface area contributed by atoms with Gasteiger partial charge in [0.25, 0.3) is 0 Å². The van der Waals surface area contributed by atoms with Crippen LogP contribution in [-0.2, 0) is 12.7 Å². The van der Waals surface area contributed by atoms with Gasteiger partial charge >= 0.3 is 11.9 Å². The number of anilines is 2. The number of nitrogens with one attached hydrogen (secondary N) is 1. The smallest absolute Gasteiger partial charge is 0.337 e. The summed E-state index contributed by atoms with van der Waals surface area (Å²) in [6.45, 7) is 1.50. The summed E-state index contributed by atoms with van der Waals surface area (Å²) in [6.07, 6.45) is -4.52. The monoisotopic (exact) mass is 485 g/mol. The highest BCUT2D eigenvalue weighted by Crippen LogP contribution is 2.31. The lowest BCUT2D eigenvalue weighted by Gasteiger charge is -2.07. The van der Waals surface area contributed by atoms with Crippen LogP contribution < -0.4 is 11.0 Å². The van der Waals surface area contributed by atoms with Gasteiger partial charge in [0.05, 0.1) is 5.56 Å². The lowest BCUT2D eigenvalue weighted by molar-refractivity contribution is -0.137. The van der Waals surface area contributed by atoms with E-state index in [1.54, 1.807) is 13.0 Å². The molecule has 0 aliphatic heterocycles. The number of rotatable bonds is 5. The Morgan fingerprint density at radius 3 is 2.57 bits per heavy atom. The fourth-order valence-electron chi connectivity index (χ4n) is 3.40. The molecule has 3 heterocycles. The molecule has 0 saturated carbocycles. The summed E-state index contributed by atoms with van der Waals surface area (Å²) >= 11 is 0. The summed E-state index contributed by atoms with van der Waals surface area (Å²) < 4.78 is 59.6. The van der Waals surface area contributed by atoms with Crippen LogP contribution in [0.25, 0.3) is 17.0 Å². The van der Waals surface area contributed by atoms with Crippen LogP contribution in [-0.4, -0.2) is 29.3 Å². The molecule has 1 N–H and O–H groups in total. The number of hydrogen-bond donors (Lipinski definition) is 1. The molecule has 0 aliphatic carbocycles. The van der Waals surface area contributed by atoms with Gasteiger partial charge in [-0.15, -0.1) is 5.10 Å². The quantitative estimate of drug-likeness (QED) is 0.372. The summed E-state index contributed by atoms with van der Waals surface area (Å²) in [5.74, 6) is -0.329. The van der Waals surface area contributed by atoms with Crippen molar-refractivity contribution in [3.63, 3.8) is 0 Å². The second kappa shape index (κ2) is 8.34. The van der Waals surface area contributed by atoms with Gasteiger partial charge in [0.15, 0.2) is 5.65 Å². The first kappa shape index (κ1) is 22.3. The number of halogens is 4. The molecular formula is C22H15F4N7O2. The molecular weight excluding hydrogens is 470 g/mol. The number of aryl methyl sites for hydroxylation is 1. The summed E-state index contributed by atoms with van der Waals surface area (Å²) in [5.41, 5.74) is 0.0578. The van der Waals surface area contributed by atoms with Gasteiger partial charge < -0.3 is 9.84 Å². The topological polar surface area (TPSA) is 103 Å². The van der Waals surface area contributed by atoms with Crippen LogP contribution in [0.2, 0.25) is 0 Å². The van der Waals surface area contributed by atoms with Crippen molar-refractivity contribution in [3.05, 3.63) is 88.0 Å². The fourth-order valence-corrected chi connectivity index (χ4v) is 3.40. The summed E-state index contributed by atoms with van der Waals surface area (Å²) in [5, 5.41) is 11.0. The second-order valence-corrected chi connectivity index (χ2v) is 7.58. The largest absolute Gasteiger partial charge is 0.416 e. The van der Waals surface area contributed by atoms with Gasteiger partial charge in [-0.05, 0) is 43.3 Å². The maximum atomic E-state index is 13.2. The lowest BCUT2D eigenvalue weighted by atomic mass is 10.1. The van der Waals surface area contributed by atoms with Crippen molar-refractivity contribution < 1.29 is 22.1 Å². The van der Waals surface area contributed by atoms with Crippen molar-refractivity contribution in [2.24, 2.45) is 0 Å². The molecule has 0 amide bonds. The van der Waals surface area contributed by atoms with Crippen molar-refractivity contribution in [2.75, 3.05) is 5.32 Å². The highest BCUT2D eigenvalue weighted by Gasteiger charge is 2.30. The van der Waals surface area contributed by atoms with E-state index in [9.17, 15) is 22.4 Å². The molecule has 178 valence electrons. The Kier molecular flexibility index (Phi) is 5.30. The molecule has 0 saturated heterocycles. The zero-order valence-electron chi connectivity index (χ0n) is 17.9. The molecule has 0 atom stereocenters. The molecule has 0 bridgehead atoms. The molecule has 13 heteroatoms. The molecule has 0 radical (unpaired) electrons. The Hall–Kier alpha value is -4.55. The van der Waals surface area contributed by atoms with E-state index in [-0.39, 0.29) is 35.4 Å². The molecule has 5 rings (SSSR count). The van der Waals surface area contributed by atoms with E-state index in [1.165, 1.54) is 40.8 Å². The molecule has 0 spiro atoms. The number of aromatic nitrogens is 6. The average molecular weight is 485 g/mol. The molecule has 5 aromatic rings. The number of alkyl halides is 3. The molecule has 3 aromatic heterocycles. The van der Waals surface area contributed by atoms with Gasteiger partial charge in [-0.3, -0.25) is 0 Å². The zero-order valence-corrected chi connectivity index (χ0v) is 17.9. The van der Waals surface area contributed by atoms with E-state index in [0.29, 0.717) is 11.4 Å². The van der Waals surface area contributed by atoms with E-state index in [1.807, 2.05) is 0 Å². The van der Waals surface area contributed by atoms with Gasteiger partial charge in [-0.1, -0.05) is 17.3 Å². The first-order chi connectivity index (χ1) is 16.7. The first-order valence-electron chi connectivity index (χ1n) is 10.2. The van der Waals surface area contributed by atoms with E-state index < -0.39 is 23.2 Å². The Bertz CT molecular complexity index is 1590. The maximum absolute atomic E-state index is 13.2. The lowest BCUT2D eigenvalue weighted by Crippen LogP contribution is -2.23. The predicted molar refractivity (Wildman–Crippen MR) is 116 cm³/mol. The molecule has 0 aliphatic rings. The standard InChI is InChI=1S/C22H15F4N7O2/c1-12-9-17-30-32(21(34)33(17)20(27-12)28-16-7-5-15(23)6-8-16)11-18-29-19(31-35-18)13-3-2-4-14(10-13)22(24,25)26/h2-10H,11H2,1H3,(H,27,28). The third-order valence-corrected chi connectivity index (χ3v) is 5.00. The van der Waals surface area contributed by atoms with Crippen molar-refractivity contribution in [3.8, 4) is 11.4 Å². The fraction of sp³-hybridized carbons (Fsp3) is 0.136. The number of hydrogen-bond acceptors (Lipinski definition) is 7. The minimum Gasteiger partial charge on any atom is -0.337 e. The molecule has 2 aromatic carbocycles. The maximum Gasteiger partial charge on any atom is 0.416 e. The minimum absolute atomic E-state index is 0.0272. The minimum atomic E-state index is -4.52. The van der Waals surface area contributed by atoms with Crippen molar-refractivity contribution >= 4 is 17.3 Å². The van der Waals surface area contributed by atoms with E-state index in [4.69, 9.17) is 4.52 Å². The van der Waals surface area contributed by atoms with Crippen LogP contribution in [0, 0.1) is 12.7 Å². The summed E-state index contributed by atoms with van der Waals surface area (Å²) in [6, 6.07) is 11.6. The Labute approximate surface area is 193 Å². The number of benzene rings is 2. The Morgan fingerprint density at radius 2 is 1.83 bits per heavy atom. The summed E-state index contributed by atoms with van der Waals surface area (Å²) in [7, 11) is 0. The highest BCUT2D eigenvalue weighted by atomic mass is 19.4. The van der Waals surface area contributed by atoms with Gasteiger partial charge in [-0.25, -0.2) is 23.3 Å². The van der Waals surface area contributed by atoms with Gasteiger partial charge in [0, 0.05) is 23.0 Å². The SMILES string of the molecule is Cc1cc2nn(Cc3nc(-c4cccc(C(F)(F)F)c4)no3)c(=O)n2c(Nc2ccc(F)cc2)n1. The molecule has 0 unspecified atom stereocenters. The summed E-state index contributed by atoms with van der Waals surface area (Å²) in [4.78, 5) is 21.5. The average Bonchev–Trinajstić information content (AvgIpc) is 3.40. The predicted octanol–water partition coefficient (Wildman–Crippen LogP) is 4.20. The van der Waals surface area contributed by atoms with Crippen LogP contribution in [0.3, 0.4) is 0 Å². The van der Waals surface area contributed by atoms with Crippen molar-refractivity contribution in [1.82, 2.24) is 29.3 Å². The van der Waals surface area contributed by atoms with Crippen LogP contribution >= 0.6 is 0 Å². The number of nitrogens with zero attached hydrogens (tertiary/aromatic N) is 6. The third kappa shape index (κ3) is 4.47. The van der Waals surface area contributed by atoms with E-state index in [2.05, 4.69) is 25.5 Å². The Morgan fingerprint density at radius 1 is 1.06 bits per heavy atom. The first-order valence-corrected chi connectivity index (χ1v) is 10.2. The Balaban J connectivity index is 1.46. The van der Waals surface area contributed by atoms with Crippen molar-refractivity contribution in [2.45, 2.75) is 19.6 Å². The van der Waals surface area contributed by atoms with Crippen LogP contribution in [0.15, 0.2) is 63.9 Å². The zero-order chi connectivity index (χ0) is 24.7. The van der Waals surface area contributed by atoms with E-state index >= 15 is 0 Å². The molecule has 35 heavy (non-hydrogen) atoms. The molecule has 0 fully saturated rings. The van der Waals surface area contributed by atoms with Crippen LogP contribution in [0.1, 0.15) is 17.1 Å². The number of fused-ring (bicyclic) bond motifs is 1. The van der Waals surface area contributed by atoms with Crippen molar-refractivity contribution in [1.29, 1.82) is 0 Å². The van der Waals surface area contributed by atoms with Crippen LogP contribution in [0.5, 0.6) is 0 Å². The third-order valence-electron chi connectivity index (χ3n) is 5.00. The second-order valence-electron chi connectivity index (χ2n) is 7.58.